The average Bonchev–Trinajstić information content (AvgIpc) is 2.99. The number of hydrogen-bond acceptors (Lipinski definition) is 3. The number of nitrogens with zero attached hydrogens (tertiary/aromatic N) is 2. The molecule has 1 aliphatic heterocycles. The number of hydrogen-bond donors (Lipinski definition) is 1. The van der Waals surface area contributed by atoms with E-state index in [1.807, 2.05) is 30.3 Å². The first-order chi connectivity index (χ1) is 13.8. The number of benzene rings is 2. The molecule has 1 aliphatic rings. The Hall–Kier alpha value is -2.83. The summed E-state index contributed by atoms with van der Waals surface area (Å²) >= 11 is 0. The molecule has 3 rings (SSSR count). The van der Waals surface area contributed by atoms with Gasteiger partial charge >= 0.3 is 12.1 Å². The topological polar surface area (TPSA) is 52.9 Å². The van der Waals surface area contributed by atoms with Crippen LogP contribution in [0, 0.1) is 5.92 Å². The number of anilines is 1. The molecule has 2 aromatic rings. The van der Waals surface area contributed by atoms with E-state index < -0.39 is 36.2 Å². The number of carbonyl (C=O) groups is 1. The van der Waals surface area contributed by atoms with Crippen LogP contribution in [0.1, 0.15) is 30.9 Å². The molecule has 0 spiro atoms. The van der Waals surface area contributed by atoms with Crippen molar-refractivity contribution in [2.24, 2.45) is 11.0 Å². The smallest absolute Gasteiger partial charge is 0.431 e. The van der Waals surface area contributed by atoms with Gasteiger partial charge in [-0.25, -0.2) is 0 Å². The standard InChI is InChI=1S/C22H23F3N2O2/c1-15-19(14-20(28)29)27(26-21(15)22(23,24)25)18-12-10-17(11-13-18)9-5-8-16-6-3-2-4-7-16/h2-4,6-7,10-13,15,19H,5,8-9,14H2,1H3,(H,28,29)/t15-,19-/m0/s1. The van der Waals surface area contributed by atoms with Gasteiger partial charge in [0.25, 0.3) is 0 Å². The zero-order valence-corrected chi connectivity index (χ0v) is 16.1. The number of aryl methyl sites for hydroxylation is 2. The Morgan fingerprint density at radius 3 is 2.17 bits per heavy atom. The zero-order valence-electron chi connectivity index (χ0n) is 16.1. The first kappa shape index (κ1) is 20.9. The van der Waals surface area contributed by atoms with E-state index in [4.69, 9.17) is 5.11 Å². The summed E-state index contributed by atoms with van der Waals surface area (Å²) in [5.74, 6) is -2.17. The average molecular weight is 404 g/mol. The number of alkyl halides is 3. The summed E-state index contributed by atoms with van der Waals surface area (Å²) in [6.45, 7) is 1.37. The van der Waals surface area contributed by atoms with E-state index in [-0.39, 0.29) is 0 Å². The molecule has 0 fully saturated rings. The molecule has 7 heteroatoms. The fourth-order valence-electron chi connectivity index (χ4n) is 3.64. The predicted molar refractivity (Wildman–Crippen MR) is 106 cm³/mol. The maximum Gasteiger partial charge on any atom is 0.431 e. The number of hydrazone groups is 1. The molecular weight excluding hydrogens is 381 g/mol. The van der Waals surface area contributed by atoms with Crippen LogP contribution in [-0.4, -0.2) is 29.0 Å². The van der Waals surface area contributed by atoms with Gasteiger partial charge in [0.05, 0.1) is 18.2 Å². The highest BCUT2D eigenvalue weighted by Crippen LogP contribution is 2.36. The minimum absolute atomic E-state index is 0.414. The van der Waals surface area contributed by atoms with Crippen LogP contribution >= 0.6 is 0 Å². The second kappa shape index (κ2) is 8.68. The van der Waals surface area contributed by atoms with E-state index in [1.54, 1.807) is 12.1 Å². The third-order valence-corrected chi connectivity index (χ3v) is 5.19. The minimum Gasteiger partial charge on any atom is -0.481 e. The molecule has 0 radical (unpaired) electrons. The Kier molecular flexibility index (Phi) is 6.25. The van der Waals surface area contributed by atoms with Crippen LogP contribution in [0.2, 0.25) is 0 Å². The first-order valence-electron chi connectivity index (χ1n) is 9.55. The van der Waals surface area contributed by atoms with Gasteiger partial charge < -0.3 is 5.11 Å². The molecule has 2 aromatic carbocycles. The van der Waals surface area contributed by atoms with E-state index in [9.17, 15) is 18.0 Å². The second-order valence-electron chi connectivity index (χ2n) is 7.29. The third kappa shape index (κ3) is 5.16. The minimum atomic E-state index is -4.58. The van der Waals surface area contributed by atoms with Gasteiger partial charge in [-0.3, -0.25) is 9.80 Å². The molecule has 0 bridgehead atoms. The van der Waals surface area contributed by atoms with Crippen molar-refractivity contribution in [3.05, 3.63) is 65.7 Å². The van der Waals surface area contributed by atoms with Gasteiger partial charge in [-0.05, 0) is 42.5 Å². The number of carboxylic acid groups (broad SMARTS) is 1. The van der Waals surface area contributed by atoms with Gasteiger partial charge in [-0.1, -0.05) is 49.4 Å². The highest BCUT2D eigenvalue weighted by molar-refractivity contribution is 5.95. The van der Waals surface area contributed by atoms with Crippen LogP contribution in [0.25, 0.3) is 0 Å². The van der Waals surface area contributed by atoms with Crippen LogP contribution in [0.15, 0.2) is 59.7 Å². The molecule has 1 heterocycles. The van der Waals surface area contributed by atoms with Gasteiger partial charge in [-0.2, -0.15) is 18.3 Å². The van der Waals surface area contributed by atoms with Gasteiger partial charge in [0.15, 0.2) is 0 Å². The van der Waals surface area contributed by atoms with Crippen LogP contribution in [-0.2, 0) is 17.6 Å². The summed E-state index contributed by atoms with van der Waals surface area (Å²) in [7, 11) is 0. The lowest BCUT2D eigenvalue weighted by Crippen LogP contribution is -2.36. The molecule has 0 saturated carbocycles. The Bertz CT molecular complexity index is 864. The largest absolute Gasteiger partial charge is 0.481 e. The lowest BCUT2D eigenvalue weighted by Gasteiger charge is -2.25. The Labute approximate surface area is 167 Å². The van der Waals surface area contributed by atoms with Gasteiger partial charge in [0.2, 0.25) is 0 Å². The summed E-state index contributed by atoms with van der Waals surface area (Å²) in [4.78, 5) is 11.2. The molecule has 29 heavy (non-hydrogen) atoms. The number of aliphatic carboxylic acids is 1. The monoisotopic (exact) mass is 404 g/mol. The molecule has 2 atom stereocenters. The number of carboxylic acids is 1. The molecule has 0 aromatic heterocycles. The molecule has 154 valence electrons. The third-order valence-electron chi connectivity index (χ3n) is 5.19. The number of rotatable bonds is 7. The maximum absolute atomic E-state index is 13.2. The molecular formula is C22H23F3N2O2. The molecule has 4 nitrogen and oxygen atoms in total. The van der Waals surface area contributed by atoms with Crippen LogP contribution < -0.4 is 5.01 Å². The molecule has 0 amide bonds. The summed E-state index contributed by atoms with van der Waals surface area (Å²) in [5, 5.41) is 14.1. The Morgan fingerprint density at radius 1 is 1.03 bits per heavy atom. The summed E-state index contributed by atoms with van der Waals surface area (Å²) < 4.78 is 39.7. The van der Waals surface area contributed by atoms with Gasteiger partial charge in [0, 0.05) is 5.92 Å². The fourth-order valence-corrected chi connectivity index (χ4v) is 3.64. The lowest BCUT2D eigenvalue weighted by atomic mass is 9.94. The van der Waals surface area contributed by atoms with Crippen molar-refractivity contribution in [1.29, 1.82) is 0 Å². The predicted octanol–water partition coefficient (Wildman–Crippen LogP) is 5.08. The van der Waals surface area contributed by atoms with Crippen molar-refractivity contribution in [2.45, 2.75) is 44.8 Å². The number of halogens is 3. The summed E-state index contributed by atoms with van der Waals surface area (Å²) in [6, 6.07) is 16.4. The van der Waals surface area contributed by atoms with Crippen molar-refractivity contribution < 1.29 is 23.1 Å². The van der Waals surface area contributed by atoms with Crippen molar-refractivity contribution in [3.8, 4) is 0 Å². The van der Waals surface area contributed by atoms with Crippen molar-refractivity contribution in [3.63, 3.8) is 0 Å². The van der Waals surface area contributed by atoms with Crippen molar-refractivity contribution in [1.82, 2.24) is 0 Å². The normalized spacial score (nSPS) is 19.3. The molecule has 1 N–H and O–H groups in total. The molecule has 0 saturated heterocycles. The maximum atomic E-state index is 13.2. The van der Waals surface area contributed by atoms with Crippen molar-refractivity contribution in [2.75, 3.05) is 5.01 Å². The lowest BCUT2D eigenvalue weighted by molar-refractivity contribution is -0.137. The van der Waals surface area contributed by atoms with Gasteiger partial charge in [-0.15, -0.1) is 0 Å². The SMILES string of the molecule is C[C@@H]1C(C(F)(F)F)=NN(c2ccc(CCCc3ccccc3)cc2)[C@H]1CC(=O)O. The fraction of sp³-hybridized carbons (Fsp3) is 0.364. The molecule has 0 aliphatic carbocycles. The summed E-state index contributed by atoms with van der Waals surface area (Å²) in [6.07, 6.45) is -2.24. The zero-order chi connectivity index (χ0) is 21.0. The van der Waals surface area contributed by atoms with Gasteiger partial charge in [0.1, 0.15) is 5.71 Å². The van der Waals surface area contributed by atoms with Crippen LogP contribution in [0.4, 0.5) is 18.9 Å². The van der Waals surface area contributed by atoms with Crippen LogP contribution in [0.3, 0.4) is 0 Å². The highest BCUT2D eigenvalue weighted by atomic mass is 19.4. The summed E-state index contributed by atoms with van der Waals surface area (Å²) in [5.41, 5.74) is 1.87. The van der Waals surface area contributed by atoms with E-state index in [0.717, 1.165) is 24.8 Å². The Morgan fingerprint density at radius 2 is 1.62 bits per heavy atom. The first-order valence-corrected chi connectivity index (χ1v) is 9.55. The molecule has 0 unspecified atom stereocenters. The highest BCUT2D eigenvalue weighted by Gasteiger charge is 2.48. The Balaban J connectivity index is 1.70. The van der Waals surface area contributed by atoms with Crippen LogP contribution in [0.5, 0.6) is 0 Å². The van der Waals surface area contributed by atoms with E-state index >= 15 is 0 Å². The quantitative estimate of drug-likeness (QED) is 0.700. The van der Waals surface area contributed by atoms with E-state index in [1.165, 1.54) is 17.5 Å². The van der Waals surface area contributed by atoms with Crippen molar-refractivity contribution >= 4 is 17.4 Å². The van der Waals surface area contributed by atoms with E-state index in [0.29, 0.717) is 5.69 Å². The second-order valence-corrected chi connectivity index (χ2v) is 7.29. The van der Waals surface area contributed by atoms with E-state index in [2.05, 4.69) is 17.2 Å².